The minimum atomic E-state index is -4.24. The minimum absolute atomic E-state index is 0.0155. The highest BCUT2D eigenvalue weighted by Gasteiger charge is 2.26. The molecule has 0 atom stereocenters. The van der Waals surface area contributed by atoms with Crippen LogP contribution in [0.1, 0.15) is 16.7 Å². The first-order valence-corrected chi connectivity index (χ1v) is 14.2. The monoisotopic (exact) mass is 602 g/mol. The summed E-state index contributed by atoms with van der Waals surface area (Å²) in [6.07, 6.45) is 0. The number of nitrogens with two attached hydrogens (primary N) is 1. The molecule has 198 valence electrons. The normalized spacial score (nSPS) is 12.4. The number of amidine groups is 1. The van der Waals surface area contributed by atoms with E-state index in [1.54, 1.807) is 66.7 Å². The van der Waals surface area contributed by atoms with Gasteiger partial charge in [-0.05, 0) is 56.3 Å². The zero-order chi connectivity index (χ0) is 28.0. The summed E-state index contributed by atoms with van der Waals surface area (Å²) in [6, 6.07) is 29.5. The molecule has 0 fully saturated rings. The number of benzene rings is 4. The molecule has 0 heterocycles. The summed E-state index contributed by atoms with van der Waals surface area (Å²) in [5.74, 6) is -0.854. The predicted octanol–water partition coefficient (Wildman–Crippen LogP) is 6.27. The number of para-hydroxylation sites is 1. The number of anilines is 2. The van der Waals surface area contributed by atoms with Gasteiger partial charge < -0.3 is 16.4 Å². The summed E-state index contributed by atoms with van der Waals surface area (Å²) in [7, 11) is -4.24. The van der Waals surface area contributed by atoms with Crippen LogP contribution < -0.4 is 16.4 Å². The average Bonchev–Trinajstić information content (AvgIpc) is 2.91. The lowest BCUT2D eigenvalue weighted by Crippen LogP contribution is -2.29. The zero-order valence-corrected chi connectivity index (χ0v) is 23.8. The number of nitrogens with zero attached hydrogens (tertiary/aromatic N) is 1. The van der Waals surface area contributed by atoms with Gasteiger partial charge in [0, 0.05) is 21.4 Å². The van der Waals surface area contributed by atoms with Gasteiger partial charge in [0.05, 0.1) is 10.6 Å². The maximum atomic E-state index is 13.8. The summed E-state index contributed by atoms with van der Waals surface area (Å²) in [5.41, 5.74) is 9.99. The Labute approximate surface area is 236 Å². The molecule has 9 heteroatoms. The number of hydrogen-bond acceptors (Lipinski definition) is 4. The van der Waals surface area contributed by atoms with Gasteiger partial charge in [0.25, 0.3) is 15.9 Å². The number of hydrogen-bond donors (Lipinski definition) is 3. The Kier molecular flexibility index (Phi) is 8.63. The van der Waals surface area contributed by atoms with E-state index < -0.39 is 15.9 Å². The number of nitrogens with one attached hydrogen (secondary N) is 2. The largest absolute Gasteiger partial charge is 0.397 e. The topological polar surface area (TPSA) is 114 Å². The van der Waals surface area contributed by atoms with E-state index in [0.29, 0.717) is 21.4 Å². The number of carbonyl (C=O) groups excluding carboxylic acids is 1. The second-order valence-electron chi connectivity index (χ2n) is 8.81. The fraction of sp³-hybridized carbons (Fsp3) is 0.0667. The Morgan fingerprint density at radius 3 is 1.90 bits per heavy atom. The number of amides is 1. The van der Waals surface area contributed by atoms with Gasteiger partial charge in [-0.1, -0.05) is 87.7 Å². The molecular formula is C30H27BrN4O3S. The molecule has 4 aromatic carbocycles. The van der Waals surface area contributed by atoms with Crippen molar-refractivity contribution in [3.05, 3.63) is 130 Å². The van der Waals surface area contributed by atoms with Crippen molar-refractivity contribution in [2.24, 2.45) is 10.1 Å². The molecule has 4 rings (SSSR count). The summed E-state index contributed by atoms with van der Waals surface area (Å²) in [5, 5.41) is 5.85. The molecule has 7 nitrogen and oxygen atoms in total. The van der Waals surface area contributed by atoms with E-state index in [1.807, 2.05) is 38.1 Å². The van der Waals surface area contributed by atoms with Crippen molar-refractivity contribution < 1.29 is 13.2 Å². The number of sulfonamides is 1. The van der Waals surface area contributed by atoms with Gasteiger partial charge in [0.2, 0.25) is 0 Å². The quantitative estimate of drug-likeness (QED) is 0.131. The summed E-state index contributed by atoms with van der Waals surface area (Å²) in [4.78, 5) is 13.8. The van der Waals surface area contributed by atoms with Crippen LogP contribution >= 0.6 is 15.9 Å². The van der Waals surface area contributed by atoms with Crippen LogP contribution in [-0.4, -0.2) is 20.2 Å². The molecule has 0 saturated carbocycles. The van der Waals surface area contributed by atoms with Crippen molar-refractivity contribution in [2.45, 2.75) is 18.7 Å². The molecular weight excluding hydrogens is 576 g/mol. The third-order valence-corrected chi connectivity index (χ3v) is 7.76. The highest BCUT2D eigenvalue weighted by molar-refractivity contribution is 9.10. The van der Waals surface area contributed by atoms with Crippen LogP contribution in [0.2, 0.25) is 0 Å². The third kappa shape index (κ3) is 7.01. The Bertz CT molecular complexity index is 1650. The lowest BCUT2D eigenvalue weighted by molar-refractivity contribution is -0.112. The van der Waals surface area contributed by atoms with Crippen LogP contribution in [0, 0.1) is 13.8 Å². The number of carbonyl (C=O) groups is 1. The van der Waals surface area contributed by atoms with Crippen molar-refractivity contribution in [1.29, 1.82) is 0 Å². The van der Waals surface area contributed by atoms with E-state index >= 15 is 0 Å². The van der Waals surface area contributed by atoms with Crippen LogP contribution in [0.15, 0.2) is 122 Å². The van der Waals surface area contributed by atoms with Gasteiger partial charge in [-0.2, -0.15) is 8.42 Å². The van der Waals surface area contributed by atoms with Crippen molar-refractivity contribution >= 4 is 54.8 Å². The van der Waals surface area contributed by atoms with Gasteiger partial charge in [-0.15, -0.1) is 4.40 Å². The van der Waals surface area contributed by atoms with E-state index in [0.717, 1.165) is 11.1 Å². The van der Waals surface area contributed by atoms with E-state index in [1.165, 1.54) is 12.1 Å². The molecule has 4 N–H and O–H groups in total. The van der Waals surface area contributed by atoms with Crippen molar-refractivity contribution in [3.8, 4) is 0 Å². The SMILES string of the molecule is Cc1ccc(NC(=O)C(=C(\N)c2ccccc2Br)/C(=N\S(=O)(=O)c2ccc(C)cc2)Nc2ccccc2)cc1. The van der Waals surface area contributed by atoms with E-state index in [-0.39, 0.29) is 22.0 Å². The van der Waals surface area contributed by atoms with E-state index in [2.05, 4.69) is 31.0 Å². The van der Waals surface area contributed by atoms with Crippen LogP contribution in [0.3, 0.4) is 0 Å². The Hall–Kier alpha value is -4.21. The highest BCUT2D eigenvalue weighted by Crippen LogP contribution is 2.26. The molecule has 0 radical (unpaired) electrons. The van der Waals surface area contributed by atoms with E-state index in [9.17, 15) is 13.2 Å². The minimum Gasteiger partial charge on any atom is -0.397 e. The predicted molar refractivity (Wildman–Crippen MR) is 161 cm³/mol. The maximum absolute atomic E-state index is 13.8. The molecule has 0 unspecified atom stereocenters. The Morgan fingerprint density at radius 1 is 0.744 bits per heavy atom. The van der Waals surface area contributed by atoms with E-state index in [4.69, 9.17) is 5.73 Å². The fourth-order valence-corrected chi connectivity index (χ4v) is 5.14. The molecule has 4 aromatic rings. The van der Waals surface area contributed by atoms with Crippen molar-refractivity contribution in [3.63, 3.8) is 0 Å². The Balaban J connectivity index is 1.93. The highest BCUT2D eigenvalue weighted by atomic mass is 79.9. The first-order valence-electron chi connectivity index (χ1n) is 12.0. The fourth-order valence-electron chi connectivity index (χ4n) is 3.67. The van der Waals surface area contributed by atoms with Gasteiger partial charge in [0.15, 0.2) is 5.84 Å². The second kappa shape index (κ2) is 12.1. The van der Waals surface area contributed by atoms with Gasteiger partial charge >= 0.3 is 0 Å². The lowest BCUT2D eigenvalue weighted by atomic mass is 10.0. The van der Waals surface area contributed by atoms with Gasteiger partial charge in [-0.25, -0.2) is 0 Å². The smallest absolute Gasteiger partial charge is 0.284 e. The second-order valence-corrected chi connectivity index (χ2v) is 11.3. The van der Waals surface area contributed by atoms with Gasteiger partial charge in [0.1, 0.15) is 5.57 Å². The molecule has 0 saturated heterocycles. The molecule has 39 heavy (non-hydrogen) atoms. The molecule has 1 amide bonds. The maximum Gasteiger partial charge on any atom is 0.284 e. The Morgan fingerprint density at radius 2 is 1.28 bits per heavy atom. The van der Waals surface area contributed by atoms with Crippen LogP contribution in [0.25, 0.3) is 5.70 Å². The summed E-state index contributed by atoms with van der Waals surface area (Å²) >= 11 is 3.49. The number of halogens is 1. The molecule has 0 spiro atoms. The van der Waals surface area contributed by atoms with Crippen molar-refractivity contribution in [2.75, 3.05) is 10.6 Å². The van der Waals surface area contributed by atoms with Crippen molar-refractivity contribution in [1.82, 2.24) is 0 Å². The standard InChI is InChI=1S/C30H27BrN4O3S/c1-20-12-16-23(17-13-20)34-30(36)27(28(32)25-10-6-7-11-26(25)31)29(33-22-8-4-3-5-9-22)35-39(37,38)24-18-14-21(2)15-19-24/h3-19H,32H2,1-2H3,(H,33,35)(H,34,36)/b28-27-. The first-order chi connectivity index (χ1) is 18.6. The van der Waals surface area contributed by atoms with Crippen LogP contribution in [-0.2, 0) is 14.8 Å². The summed E-state index contributed by atoms with van der Waals surface area (Å²) < 4.78 is 31.7. The molecule has 0 aliphatic rings. The molecule has 0 aliphatic carbocycles. The van der Waals surface area contributed by atoms with Gasteiger partial charge in [-0.3, -0.25) is 4.79 Å². The first kappa shape index (κ1) is 27.8. The number of aryl methyl sites for hydroxylation is 2. The van der Waals surface area contributed by atoms with Crippen LogP contribution in [0.5, 0.6) is 0 Å². The van der Waals surface area contributed by atoms with Crippen LogP contribution in [0.4, 0.5) is 11.4 Å². The molecule has 0 bridgehead atoms. The molecule has 0 aliphatic heterocycles. The summed E-state index contributed by atoms with van der Waals surface area (Å²) in [6.45, 7) is 3.79. The molecule has 0 aromatic heterocycles. The number of rotatable bonds is 7. The lowest BCUT2D eigenvalue weighted by Gasteiger charge is -2.17. The average molecular weight is 604 g/mol. The third-order valence-electron chi connectivity index (χ3n) is 5.77. The zero-order valence-electron chi connectivity index (χ0n) is 21.4.